The summed E-state index contributed by atoms with van der Waals surface area (Å²) in [6.45, 7) is 3.55. The van der Waals surface area contributed by atoms with Crippen LogP contribution in [0.5, 0.6) is 0 Å². The van der Waals surface area contributed by atoms with Gasteiger partial charge in [-0.2, -0.15) is 9.61 Å². The maximum absolute atomic E-state index is 5.14. The van der Waals surface area contributed by atoms with E-state index in [0.29, 0.717) is 12.3 Å². The SMILES string of the molecule is COCCCn1cnnc1C(C)Nc1cc(-c2ccccc2)nn2cnnc12. The molecular formula is C19H22N8O. The normalized spacial score (nSPS) is 12.4. The van der Waals surface area contributed by atoms with Gasteiger partial charge in [0.2, 0.25) is 5.65 Å². The zero-order valence-corrected chi connectivity index (χ0v) is 15.9. The van der Waals surface area contributed by atoms with E-state index in [1.807, 2.05) is 47.9 Å². The lowest BCUT2D eigenvalue weighted by molar-refractivity contribution is 0.190. The first-order valence-corrected chi connectivity index (χ1v) is 9.16. The average Bonchev–Trinajstić information content (AvgIpc) is 3.38. The van der Waals surface area contributed by atoms with Crippen molar-refractivity contribution in [3.8, 4) is 11.3 Å². The first-order chi connectivity index (χ1) is 13.8. The quantitative estimate of drug-likeness (QED) is 0.471. The fraction of sp³-hybridized carbons (Fsp3) is 0.316. The maximum Gasteiger partial charge on any atom is 0.200 e. The lowest BCUT2D eigenvalue weighted by Gasteiger charge is -2.17. The molecule has 0 aliphatic heterocycles. The maximum atomic E-state index is 5.14. The van der Waals surface area contributed by atoms with Crippen LogP contribution in [0.15, 0.2) is 49.1 Å². The lowest BCUT2D eigenvalue weighted by atomic mass is 10.1. The van der Waals surface area contributed by atoms with Gasteiger partial charge in [-0.05, 0) is 19.4 Å². The molecule has 144 valence electrons. The highest BCUT2D eigenvalue weighted by Gasteiger charge is 2.16. The number of benzene rings is 1. The van der Waals surface area contributed by atoms with Crippen LogP contribution in [0.4, 0.5) is 5.69 Å². The van der Waals surface area contributed by atoms with Crippen LogP contribution in [0.25, 0.3) is 16.9 Å². The van der Waals surface area contributed by atoms with E-state index in [2.05, 4.69) is 30.8 Å². The van der Waals surface area contributed by atoms with Crippen molar-refractivity contribution < 1.29 is 4.74 Å². The van der Waals surface area contributed by atoms with Crippen molar-refractivity contribution in [2.45, 2.75) is 25.9 Å². The third kappa shape index (κ3) is 3.70. The first-order valence-electron chi connectivity index (χ1n) is 9.16. The van der Waals surface area contributed by atoms with Gasteiger partial charge in [-0.25, -0.2) is 0 Å². The second-order valence-electron chi connectivity index (χ2n) is 6.50. The molecule has 9 heteroatoms. The summed E-state index contributed by atoms with van der Waals surface area (Å²) in [5.74, 6) is 0.854. The Morgan fingerprint density at radius 1 is 1.11 bits per heavy atom. The van der Waals surface area contributed by atoms with E-state index < -0.39 is 0 Å². The highest BCUT2D eigenvalue weighted by atomic mass is 16.5. The largest absolute Gasteiger partial charge is 0.385 e. The Hall–Kier alpha value is -3.33. The van der Waals surface area contributed by atoms with Crippen LogP contribution in [0.2, 0.25) is 0 Å². The van der Waals surface area contributed by atoms with Crippen LogP contribution in [0.1, 0.15) is 25.2 Å². The summed E-state index contributed by atoms with van der Waals surface area (Å²) in [6.07, 6.45) is 4.25. The van der Waals surface area contributed by atoms with E-state index >= 15 is 0 Å². The highest BCUT2D eigenvalue weighted by Crippen LogP contribution is 2.26. The Bertz CT molecular complexity index is 1040. The Balaban J connectivity index is 1.63. The second-order valence-corrected chi connectivity index (χ2v) is 6.50. The zero-order chi connectivity index (χ0) is 19.3. The molecule has 0 aliphatic rings. The molecule has 1 N–H and O–H groups in total. The molecule has 0 spiro atoms. The molecule has 4 rings (SSSR count). The summed E-state index contributed by atoms with van der Waals surface area (Å²) in [4.78, 5) is 0. The topological polar surface area (TPSA) is 95.0 Å². The molecule has 3 aromatic heterocycles. The van der Waals surface area contributed by atoms with Crippen molar-refractivity contribution in [3.05, 3.63) is 54.9 Å². The van der Waals surface area contributed by atoms with Crippen LogP contribution >= 0.6 is 0 Å². The van der Waals surface area contributed by atoms with E-state index in [9.17, 15) is 0 Å². The molecule has 3 heterocycles. The van der Waals surface area contributed by atoms with Gasteiger partial charge in [0.25, 0.3) is 0 Å². The first kappa shape index (κ1) is 18.1. The standard InChI is InChI=1S/C19H22N8O/c1-14(18-23-20-12-26(18)9-6-10-28-2)22-17-11-16(15-7-4-3-5-8-15)25-27-13-21-24-19(17)27/h3-5,7-8,11-14,22H,6,9-10H2,1-2H3. The number of hydrogen-bond acceptors (Lipinski definition) is 7. The molecule has 0 amide bonds. The molecule has 0 saturated carbocycles. The van der Waals surface area contributed by atoms with Gasteiger partial charge in [0.1, 0.15) is 12.7 Å². The fourth-order valence-corrected chi connectivity index (χ4v) is 3.13. The number of nitrogens with one attached hydrogen (secondary N) is 1. The minimum absolute atomic E-state index is 0.0726. The lowest BCUT2D eigenvalue weighted by Crippen LogP contribution is -2.15. The van der Waals surface area contributed by atoms with Crippen LogP contribution in [0.3, 0.4) is 0 Å². The smallest absolute Gasteiger partial charge is 0.200 e. The van der Waals surface area contributed by atoms with E-state index in [-0.39, 0.29) is 6.04 Å². The molecule has 1 unspecified atom stereocenters. The summed E-state index contributed by atoms with van der Waals surface area (Å²) < 4.78 is 8.86. The summed E-state index contributed by atoms with van der Waals surface area (Å²) in [7, 11) is 1.70. The molecule has 1 aromatic carbocycles. The van der Waals surface area contributed by atoms with Gasteiger partial charge in [-0.15, -0.1) is 20.4 Å². The molecule has 0 aliphatic carbocycles. The number of aryl methyl sites for hydroxylation is 1. The van der Waals surface area contributed by atoms with Gasteiger partial charge < -0.3 is 14.6 Å². The molecule has 1 atom stereocenters. The minimum atomic E-state index is -0.0726. The van der Waals surface area contributed by atoms with Crippen molar-refractivity contribution >= 4 is 11.3 Å². The number of aromatic nitrogens is 7. The third-order valence-corrected chi connectivity index (χ3v) is 4.49. The minimum Gasteiger partial charge on any atom is -0.385 e. The van der Waals surface area contributed by atoms with Crippen molar-refractivity contribution in [1.29, 1.82) is 0 Å². The van der Waals surface area contributed by atoms with E-state index in [4.69, 9.17) is 4.74 Å². The van der Waals surface area contributed by atoms with Crippen LogP contribution in [-0.2, 0) is 11.3 Å². The van der Waals surface area contributed by atoms with Crippen LogP contribution < -0.4 is 5.32 Å². The van der Waals surface area contributed by atoms with Gasteiger partial charge >= 0.3 is 0 Å². The van der Waals surface area contributed by atoms with E-state index in [1.165, 1.54) is 0 Å². The molecule has 4 aromatic rings. The Morgan fingerprint density at radius 2 is 1.93 bits per heavy atom. The van der Waals surface area contributed by atoms with Gasteiger partial charge in [0.05, 0.1) is 17.4 Å². The number of ether oxygens (including phenoxy) is 1. The zero-order valence-electron chi connectivity index (χ0n) is 15.9. The molecule has 0 bridgehead atoms. The molecular weight excluding hydrogens is 356 g/mol. The van der Waals surface area contributed by atoms with Crippen molar-refractivity contribution in [3.63, 3.8) is 0 Å². The highest BCUT2D eigenvalue weighted by molar-refractivity contribution is 5.73. The van der Waals surface area contributed by atoms with Crippen molar-refractivity contribution in [1.82, 2.24) is 34.6 Å². The Labute approximate surface area is 162 Å². The number of hydrogen-bond donors (Lipinski definition) is 1. The number of fused-ring (bicyclic) bond motifs is 1. The Kier molecular flexibility index (Phi) is 5.24. The molecule has 0 fully saturated rings. The van der Waals surface area contributed by atoms with E-state index in [0.717, 1.165) is 35.7 Å². The predicted molar refractivity (Wildman–Crippen MR) is 105 cm³/mol. The van der Waals surface area contributed by atoms with Gasteiger partial charge in [-0.3, -0.25) is 0 Å². The fourth-order valence-electron chi connectivity index (χ4n) is 3.13. The number of methoxy groups -OCH3 is 1. The molecule has 28 heavy (non-hydrogen) atoms. The number of rotatable bonds is 8. The molecule has 9 nitrogen and oxygen atoms in total. The average molecular weight is 378 g/mol. The Morgan fingerprint density at radius 3 is 2.75 bits per heavy atom. The van der Waals surface area contributed by atoms with Gasteiger partial charge in [0.15, 0.2) is 5.82 Å². The molecule has 0 saturated heterocycles. The monoisotopic (exact) mass is 378 g/mol. The van der Waals surface area contributed by atoms with Crippen LogP contribution in [-0.4, -0.2) is 48.3 Å². The number of nitrogens with zero attached hydrogens (tertiary/aromatic N) is 7. The summed E-state index contributed by atoms with van der Waals surface area (Å²) in [5.41, 5.74) is 3.36. The van der Waals surface area contributed by atoms with Gasteiger partial charge in [0, 0.05) is 25.8 Å². The summed E-state index contributed by atoms with van der Waals surface area (Å²) in [5, 5.41) is 24.7. The van der Waals surface area contributed by atoms with Crippen LogP contribution in [0, 0.1) is 0 Å². The number of anilines is 1. The van der Waals surface area contributed by atoms with Gasteiger partial charge in [-0.1, -0.05) is 30.3 Å². The predicted octanol–water partition coefficient (Wildman–Crippen LogP) is 2.59. The molecule has 0 radical (unpaired) electrons. The van der Waals surface area contributed by atoms with E-state index in [1.54, 1.807) is 24.3 Å². The second kappa shape index (κ2) is 8.13. The summed E-state index contributed by atoms with van der Waals surface area (Å²) in [6, 6.07) is 11.9. The van der Waals surface area contributed by atoms with Crippen molar-refractivity contribution in [2.75, 3.05) is 19.0 Å². The third-order valence-electron chi connectivity index (χ3n) is 4.49. The van der Waals surface area contributed by atoms with Crippen molar-refractivity contribution in [2.24, 2.45) is 0 Å². The summed E-state index contributed by atoms with van der Waals surface area (Å²) >= 11 is 0.